The van der Waals surface area contributed by atoms with Gasteiger partial charge in [0.25, 0.3) is 0 Å². The van der Waals surface area contributed by atoms with Crippen molar-refractivity contribution in [2.75, 3.05) is 0 Å². The monoisotopic (exact) mass is 806 g/mol. The van der Waals surface area contributed by atoms with Gasteiger partial charge >= 0.3 is 0 Å². The van der Waals surface area contributed by atoms with Gasteiger partial charge < -0.3 is 13.4 Å². The van der Waals surface area contributed by atoms with Gasteiger partial charge in [-0.2, -0.15) is 0 Å². The van der Waals surface area contributed by atoms with E-state index >= 15 is 0 Å². The maximum Gasteiger partial charge on any atom is 0.164 e. The summed E-state index contributed by atoms with van der Waals surface area (Å²) in [5, 5.41) is 6.47. The minimum Gasteiger partial charge on any atom is -0.456 e. The van der Waals surface area contributed by atoms with E-state index in [1.807, 2.05) is 36.4 Å². The lowest BCUT2D eigenvalue weighted by atomic mass is 9.99. The SMILES string of the molecule is c1ccc(-c2ccc(-c3nc(-c4ccc5c(c4)oc4cccc(-c6ccccc6)c45)nc(-c4cccc5oc6ccc(-n7c8ccccc8c8ccccc87)cc6c45)n3)cc2)cc1. The minimum absolute atomic E-state index is 0.545. The molecule has 6 nitrogen and oxygen atoms in total. The largest absolute Gasteiger partial charge is 0.456 e. The van der Waals surface area contributed by atoms with E-state index in [0.717, 1.165) is 99.5 Å². The van der Waals surface area contributed by atoms with Gasteiger partial charge in [-0.1, -0.05) is 152 Å². The zero-order valence-corrected chi connectivity index (χ0v) is 33.7. The molecule has 0 fully saturated rings. The highest BCUT2D eigenvalue weighted by Gasteiger charge is 2.21. The van der Waals surface area contributed by atoms with Crippen LogP contribution in [0.2, 0.25) is 0 Å². The maximum atomic E-state index is 6.57. The van der Waals surface area contributed by atoms with Crippen molar-refractivity contribution < 1.29 is 8.83 Å². The first-order valence-corrected chi connectivity index (χ1v) is 21.1. The van der Waals surface area contributed by atoms with Crippen molar-refractivity contribution in [1.29, 1.82) is 0 Å². The number of rotatable bonds is 6. The van der Waals surface area contributed by atoms with Crippen LogP contribution in [0.25, 0.3) is 128 Å². The minimum atomic E-state index is 0.545. The topological polar surface area (TPSA) is 69.9 Å². The Morgan fingerprint density at radius 3 is 1.56 bits per heavy atom. The van der Waals surface area contributed by atoms with Crippen molar-refractivity contribution in [3.05, 3.63) is 206 Å². The van der Waals surface area contributed by atoms with E-state index in [0.29, 0.717) is 17.5 Å². The fourth-order valence-electron chi connectivity index (χ4n) is 9.36. The van der Waals surface area contributed by atoms with E-state index in [4.69, 9.17) is 23.8 Å². The first-order valence-electron chi connectivity index (χ1n) is 21.1. The van der Waals surface area contributed by atoms with E-state index in [2.05, 4.69) is 174 Å². The highest BCUT2D eigenvalue weighted by Crippen LogP contribution is 2.41. The van der Waals surface area contributed by atoms with Gasteiger partial charge in [-0.3, -0.25) is 0 Å². The highest BCUT2D eigenvalue weighted by molar-refractivity contribution is 6.15. The van der Waals surface area contributed by atoms with Crippen LogP contribution in [0.15, 0.2) is 215 Å². The molecule has 0 aliphatic heterocycles. The number of furan rings is 2. The molecule has 0 spiro atoms. The van der Waals surface area contributed by atoms with E-state index in [1.54, 1.807) is 0 Å². The van der Waals surface area contributed by atoms with E-state index < -0.39 is 0 Å². The van der Waals surface area contributed by atoms with E-state index in [-0.39, 0.29) is 0 Å². The third-order valence-electron chi connectivity index (χ3n) is 12.3. The molecule has 0 saturated carbocycles. The standard InChI is InChI=1S/C57H34N4O2/c1-3-13-35(14-4-1)36-25-27-38(28-26-36)55-58-56(39-29-31-44-52(33-39)63-50-23-11-19-41(53(44)50)37-15-5-2-6-16-37)60-57(59-55)45-20-12-24-51-54(45)46-34-40(30-32-49(46)62-51)61-47-21-9-7-17-42(47)43-18-8-10-22-48(43)61/h1-34H. The van der Waals surface area contributed by atoms with Gasteiger partial charge in [0.05, 0.1) is 11.0 Å². The second-order valence-corrected chi connectivity index (χ2v) is 15.9. The molecule has 294 valence electrons. The Kier molecular flexibility index (Phi) is 7.80. The Morgan fingerprint density at radius 2 is 0.841 bits per heavy atom. The average molecular weight is 807 g/mol. The molecule has 0 radical (unpaired) electrons. The fourth-order valence-corrected chi connectivity index (χ4v) is 9.36. The quantitative estimate of drug-likeness (QED) is 0.167. The number of para-hydroxylation sites is 2. The van der Waals surface area contributed by atoms with Crippen molar-refractivity contribution in [3.63, 3.8) is 0 Å². The van der Waals surface area contributed by atoms with Gasteiger partial charge in [-0.15, -0.1) is 0 Å². The zero-order chi connectivity index (χ0) is 41.4. The van der Waals surface area contributed by atoms with Crippen molar-refractivity contribution >= 4 is 65.7 Å². The molecule has 0 unspecified atom stereocenters. The number of hydrogen-bond acceptors (Lipinski definition) is 5. The summed E-state index contributed by atoms with van der Waals surface area (Å²) in [7, 11) is 0. The Hall–Kier alpha value is -8.61. The summed E-state index contributed by atoms with van der Waals surface area (Å²) in [5.41, 5.74) is 13.6. The molecule has 0 atom stereocenters. The van der Waals surface area contributed by atoms with Gasteiger partial charge in [0.1, 0.15) is 22.3 Å². The maximum absolute atomic E-state index is 6.57. The molecule has 9 aromatic carbocycles. The van der Waals surface area contributed by atoms with Crippen molar-refractivity contribution in [3.8, 4) is 62.1 Å². The average Bonchev–Trinajstić information content (AvgIpc) is 4.03. The lowest BCUT2D eigenvalue weighted by Gasteiger charge is -2.10. The molecule has 13 aromatic rings. The summed E-state index contributed by atoms with van der Waals surface area (Å²) in [6.45, 7) is 0. The highest BCUT2D eigenvalue weighted by atomic mass is 16.3. The lowest BCUT2D eigenvalue weighted by Crippen LogP contribution is -2.00. The number of aromatic nitrogens is 4. The summed E-state index contributed by atoms with van der Waals surface area (Å²) in [6.07, 6.45) is 0. The van der Waals surface area contributed by atoms with Crippen LogP contribution in [0, 0.1) is 0 Å². The summed E-state index contributed by atoms with van der Waals surface area (Å²) in [6, 6.07) is 71.5. The molecule has 0 saturated heterocycles. The van der Waals surface area contributed by atoms with Crippen LogP contribution in [0.1, 0.15) is 0 Å². The fraction of sp³-hybridized carbons (Fsp3) is 0. The van der Waals surface area contributed by atoms with Crippen LogP contribution in [0.3, 0.4) is 0 Å². The molecule has 63 heavy (non-hydrogen) atoms. The second-order valence-electron chi connectivity index (χ2n) is 15.9. The molecule has 4 aromatic heterocycles. The van der Waals surface area contributed by atoms with Crippen molar-refractivity contribution in [2.24, 2.45) is 0 Å². The van der Waals surface area contributed by atoms with E-state index in [9.17, 15) is 0 Å². The molecule has 0 aliphatic carbocycles. The predicted molar refractivity (Wildman–Crippen MR) is 256 cm³/mol. The van der Waals surface area contributed by atoms with Gasteiger partial charge in [0.15, 0.2) is 17.5 Å². The molecule has 0 N–H and O–H groups in total. The molecule has 6 heteroatoms. The Labute approximate surface area is 361 Å². The first-order chi connectivity index (χ1) is 31.2. The number of nitrogens with zero attached hydrogens (tertiary/aromatic N) is 4. The number of fused-ring (bicyclic) bond motifs is 9. The summed E-state index contributed by atoms with van der Waals surface area (Å²) < 4.78 is 15.5. The van der Waals surface area contributed by atoms with Gasteiger partial charge in [0, 0.05) is 54.7 Å². The Bertz CT molecular complexity index is 3850. The lowest BCUT2D eigenvalue weighted by molar-refractivity contribution is 0.668. The van der Waals surface area contributed by atoms with E-state index in [1.165, 1.54) is 10.8 Å². The molecule has 13 rings (SSSR count). The normalized spacial score (nSPS) is 11.8. The van der Waals surface area contributed by atoms with Crippen LogP contribution < -0.4 is 0 Å². The van der Waals surface area contributed by atoms with Crippen LogP contribution >= 0.6 is 0 Å². The smallest absolute Gasteiger partial charge is 0.164 e. The van der Waals surface area contributed by atoms with Gasteiger partial charge in [-0.05, 0) is 76.9 Å². The molecular formula is C57H34N4O2. The first kappa shape index (κ1) is 35.2. The number of benzene rings is 9. The van der Waals surface area contributed by atoms with Crippen LogP contribution in [-0.2, 0) is 0 Å². The molecule has 0 amide bonds. The molecule has 0 bridgehead atoms. The van der Waals surface area contributed by atoms with Crippen molar-refractivity contribution in [1.82, 2.24) is 19.5 Å². The third kappa shape index (κ3) is 5.69. The Morgan fingerprint density at radius 1 is 0.302 bits per heavy atom. The number of hydrogen-bond donors (Lipinski definition) is 0. The van der Waals surface area contributed by atoms with Crippen LogP contribution in [0.4, 0.5) is 0 Å². The third-order valence-corrected chi connectivity index (χ3v) is 12.3. The summed E-state index contributed by atoms with van der Waals surface area (Å²) >= 11 is 0. The van der Waals surface area contributed by atoms with Crippen LogP contribution in [0.5, 0.6) is 0 Å². The predicted octanol–water partition coefficient (Wildman–Crippen LogP) is 15.1. The van der Waals surface area contributed by atoms with Gasteiger partial charge in [0.2, 0.25) is 0 Å². The summed E-state index contributed by atoms with van der Waals surface area (Å²) in [4.78, 5) is 15.7. The second kappa shape index (κ2) is 14.0. The zero-order valence-electron chi connectivity index (χ0n) is 33.7. The molecule has 0 aliphatic rings. The summed E-state index contributed by atoms with van der Waals surface area (Å²) in [5.74, 6) is 1.67. The Balaban J connectivity index is 1.01. The molecular weight excluding hydrogens is 773 g/mol. The van der Waals surface area contributed by atoms with Crippen LogP contribution in [-0.4, -0.2) is 19.5 Å². The van der Waals surface area contributed by atoms with Crippen molar-refractivity contribution in [2.45, 2.75) is 0 Å². The van der Waals surface area contributed by atoms with Gasteiger partial charge in [-0.25, -0.2) is 15.0 Å². The molecule has 4 heterocycles.